The molecule has 7 nitrogen and oxygen atoms in total. The van der Waals surface area contributed by atoms with Crippen LogP contribution >= 0.6 is 0 Å². The SMILES string of the molecule is COc1ccccc1[C@@H](CNC(=O)c1ccc([N+](=O)[O-])c(C)c1)[NH+](C)C. The summed E-state index contributed by atoms with van der Waals surface area (Å²) in [4.78, 5) is 24.1. The van der Waals surface area contributed by atoms with Crippen LogP contribution in [-0.4, -0.2) is 38.6 Å². The third-order valence-corrected chi connectivity index (χ3v) is 4.33. The van der Waals surface area contributed by atoms with Gasteiger partial charge in [0, 0.05) is 17.2 Å². The van der Waals surface area contributed by atoms with Crippen LogP contribution in [0.5, 0.6) is 5.75 Å². The van der Waals surface area contributed by atoms with Crippen molar-refractivity contribution in [3.8, 4) is 5.75 Å². The van der Waals surface area contributed by atoms with Crippen LogP contribution in [0.4, 0.5) is 5.69 Å². The van der Waals surface area contributed by atoms with Crippen molar-refractivity contribution in [2.24, 2.45) is 0 Å². The van der Waals surface area contributed by atoms with Crippen LogP contribution in [0.1, 0.15) is 27.5 Å². The summed E-state index contributed by atoms with van der Waals surface area (Å²) in [7, 11) is 5.65. The number of para-hydroxylation sites is 1. The Morgan fingerprint density at radius 3 is 2.54 bits per heavy atom. The van der Waals surface area contributed by atoms with Crippen LogP contribution < -0.4 is 15.0 Å². The Bertz CT molecular complexity index is 805. The number of quaternary nitrogens is 1. The van der Waals surface area contributed by atoms with E-state index in [-0.39, 0.29) is 17.6 Å². The minimum atomic E-state index is -0.454. The largest absolute Gasteiger partial charge is 0.496 e. The molecule has 0 bridgehead atoms. The number of nitro benzene ring substituents is 1. The van der Waals surface area contributed by atoms with E-state index in [4.69, 9.17) is 4.74 Å². The molecule has 2 aromatic rings. The Morgan fingerprint density at radius 2 is 1.96 bits per heavy atom. The number of hydrogen-bond donors (Lipinski definition) is 2. The molecule has 0 saturated carbocycles. The molecular weight excluding hydrogens is 334 g/mol. The third kappa shape index (κ3) is 4.37. The standard InChI is InChI=1S/C19H23N3O4/c1-13-11-14(9-10-16(13)22(24)25)19(23)20-12-17(21(2)3)15-7-5-6-8-18(15)26-4/h5-11,17H,12H2,1-4H3,(H,20,23)/p+1/t17-/m1/s1. The van der Waals surface area contributed by atoms with Crippen molar-refractivity contribution in [2.45, 2.75) is 13.0 Å². The number of benzene rings is 2. The number of nitrogens with zero attached hydrogens (tertiary/aromatic N) is 1. The van der Waals surface area contributed by atoms with E-state index in [0.29, 0.717) is 17.7 Å². The van der Waals surface area contributed by atoms with Crippen molar-refractivity contribution >= 4 is 11.6 Å². The van der Waals surface area contributed by atoms with Crippen molar-refractivity contribution in [3.63, 3.8) is 0 Å². The summed E-state index contributed by atoms with van der Waals surface area (Å²) >= 11 is 0. The first-order valence-electron chi connectivity index (χ1n) is 8.31. The van der Waals surface area contributed by atoms with E-state index in [2.05, 4.69) is 5.32 Å². The average Bonchev–Trinajstić information content (AvgIpc) is 2.61. The molecule has 0 saturated heterocycles. The van der Waals surface area contributed by atoms with Gasteiger partial charge in [-0.2, -0.15) is 0 Å². The van der Waals surface area contributed by atoms with Crippen LogP contribution in [0.15, 0.2) is 42.5 Å². The van der Waals surface area contributed by atoms with E-state index in [1.165, 1.54) is 18.2 Å². The molecule has 0 spiro atoms. The fourth-order valence-corrected chi connectivity index (χ4v) is 2.88. The van der Waals surface area contributed by atoms with E-state index >= 15 is 0 Å². The lowest BCUT2D eigenvalue weighted by Crippen LogP contribution is -3.07. The molecular formula is C19H24N3O4+. The predicted octanol–water partition coefficient (Wildman–Crippen LogP) is 1.53. The van der Waals surface area contributed by atoms with Crippen molar-refractivity contribution in [1.29, 1.82) is 0 Å². The summed E-state index contributed by atoms with van der Waals surface area (Å²) in [6.45, 7) is 2.04. The number of carbonyl (C=O) groups excluding carboxylic acids is 1. The molecule has 2 aromatic carbocycles. The first-order chi connectivity index (χ1) is 12.3. The first-order valence-corrected chi connectivity index (χ1v) is 8.31. The molecule has 0 aliphatic rings. The normalized spacial score (nSPS) is 11.9. The smallest absolute Gasteiger partial charge is 0.272 e. The number of nitrogens with one attached hydrogen (secondary N) is 2. The van der Waals surface area contributed by atoms with Gasteiger partial charge in [0.2, 0.25) is 0 Å². The Hall–Kier alpha value is -2.93. The molecule has 0 radical (unpaired) electrons. The second-order valence-electron chi connectivity index (χ2n) is 6.34. The minimum Gasteiger partial charge on any atom is -0.496 e. The maximum absolute atomic E-state index is 12.5. The number of aryl methyl sites for hydroxylation is 1. The van der Waals surface area contributed by atoms with Gasteiger partial charge in [-0.05, 0) is 31.2 Å². The zero-order valence-electron chi connectivity index (χ0n) is 15.4. The summed E-state index contributed by atoms with van der Waals surface area (Å²) < 4.78 is 5.43. The van der Waals surface area contributed by atoms with Gasteiger partial charge in [0.05, 0.1) is 38.2 Å². The number of hydrogen-bond acceptors (Lipinski definition) is 4. The lowest BCUT2D eigenvalue weighted by Gasteiger charge is -2.23. The second kappa shape index (κ2) is 8.44. The third-order valence-electron chi connectivity index (χ3n) is 4.33. The maximum atomic E-state index is 12.5. The second-order valence-corrected chi connectivity index (χ2v) is 6.34. The number of amides is 1. The Labute approximate surface area is 152 Å². The van der Waals surface area contributed by atoms with Gasteiger partial charge in [-0.1, -0.05) is 12.1 Å². The zero-order valence-corrected chi connectivity index (χ0v) is 15.4. The van der Waals surface area contributed by atoms with E-state index < -0.39 is 4.92 Å². The van der Waals surface area contributed by atoms with Gasteiger partial charge in [-0.25, -0.2) is 0 Å². The van der Waals surface area contributed by atoms with Gasteiger partial charge < -0.3 is 15.0 Å². The van der Waals surface area contributed by atoms with Gasteiger partial charge in [0.15, 0.2) is 0 Å². The van der Waals surface area contributed by atoms with E-state index in [9.17, 15) is 14.9 Å². The molecule has 1 atom stereocenters. The monoisotopic (exact) mass is 358 g/mol. The molecule has 138 valence electrons. The van der Waals surface area contributed by atoms with Crippen LogP contribution in [-0.2, 0) is 0 Å². The lowest BCUT2D eigenvalue weighted by atomic mass is 10.0. The van der Waals surface area contributed by atoms with E-state index in [1.54, 1.807) is 14.0 Å². The van der Waals surface area contributed by atoms with Gasteiger partial charge >= 0.3 is 0 Å². The number of nitro groups is 1. The van der Waals surface area contributed by atoms with Gasteiger partial charge in [0.25, 0.3) is 11.6 Å². The van der Waals surface area contributed by atoms with E-state index in [0.717, 1.165) is 16.2 Å². The molecule has 26 heavy (non-hydrogen) atoms. The molecule has 0 aliphatic carbocycles. The molecule has 0 fully saturated rings. The van der Waals surface area contributed by atoms with Crippen LogP contribution in [0.3, 0.4) is 0 Å². The highest BCUT2D eigenvalue weighted by Crippen LogP contribution is 2.23. The molecule has 7 heteroatoms. The number of likely N-dealkylation sites (N-methyl/N-ethyl adjacent to an activating group) is 1. The van der Waals surface area contributed by atoms with Crippen molar-refractivity contribution in [2.75, 3.05) is 27.7 Å². The Balaban J connectivity index is 2.15. The number of rotatable bonds is 7. The highest BCUT2D eigenvalue weighted by Gasteiger charge is 2.23. The highest BCUT2D eigenvalue weighted by atomic mass is 16.6. The minimum absolute atomic E-state index is 0.00573. The summed E-state index contributed by atoms with van der Waals surface area (Å²) in [6.07, 6.45) is 0. The zero-order chi connectivity index (χ0) is 19.3. The average molecular weight is 358 g/mol. The fourth-order valence-electron chi connectivity index (χ4n) is 2.88. The summed E-state index contributed by atoms with van der Waals surface area (Å²) in [5.74, 6) is 0.517. The van der Waals surface area contributed by atoms with Gasteiger partial charge in [-0.3, -0.25) is 14.9 Å². The molecule has 0 aliphatic heterocycles. The lowest BCUT2D eigenvalue weighted by molar-refractivity contribution is -0.890. The molecule has 0 unspecified atom stereocenters. The quantitative estimate of drug-likeness (QED) is 0.581. The summed E-state index contributed by atoms with van der Waals surface area (Å²) in [5.41, 5.74) is 1.88. The topological polar surface area (TPSA) is 85.9 Å². The molecule has 1 amide bonds. The molecule has 2 N–H and O–H groups in total. The van der Waals surface area contributed by atoms with Gasteiger partial charge in [-0.15, -0.1) is 0 Å². The summed E-state index contributed by atoms with van der Waals surface area (Å²) in [5, 5.41) is 13.8. The van der Waals surface area contributed by atoms with Crippen molar-refractivity contribution in [1.82, 2.24) is 5.32 Å². The highest BCUT2D eigenvalue weighted by molar-refractivity contribution is 5.94. The first kappa shape index (κ1) is 19.4. The number of carbonyl (C=O) groups is 1. The van der Waals surface area contributed by atoms with Crippen LogP contribution in [0, 0.1) is 17.0 Å². The van der Waals surface area contributed by atoms with Crippen molar-refractivity contribution < 1.29 is 19.4 Å². The predicted molar refractivity (Wildman–Crippen MR) is 98.7 cm³/mol. The summed E-state index contributed by atoms with van der Waals surface area (Å²) in [6, 6.07) is 12.1. The fraction of sp³-hybridized carbons (Fsp3) is 0.316. The van der Waals surface area contributed by atoms with Crippen LogP contribution in [0.25, 0.3) is 0 Å². The van der Waals surface area contributed by atoms with Gasteiger partial charge in [0.1, 0.15) is 11.8 Å². The Kier molecular flexibility index (Phi) is 6.30. The number of ether oxygens (including phenoxy) is 1. The molecule has 2 rings (SSSR count). The maximum Gasteiger partial charge on any atom is 0.272 e. The number of methoxy groups -OCH3 is 1. The molecule has 0 aromatic heterocycles. The van der Waals surface area contributed by atoms with E-state index in [1.807, 2.05) is 38.4 Å². The molecule has 0 heterocycles. The van der Waals surface area contributed by atoms with Crippen molar-refractivity contribution in [3.05, 3.63) is 69.3 Å². The Morgan fingerprint density at radius 1 is 1.27 bits per heavy atom. The van der Waals surface area contributed by atoms with Crippen LogP contribution in [0.2, 0.25) is 0 Å².